The standard InChI is InChI=1S/C16H26N2O/c1-13-6-7-16(19-2)14(12-13)15(8-9-17)18-10-4-3-5-11-18/h6-7,12,15H,3-5,8-11,17H2,1-2H3. The van der Waals surface area contributed by atoms with Gasteiger partial charge in [-0.3, -0.25) is 4.90 Å². The summed E-state index contributed by atoms with van der Waals surface area (Å²) in [4.78, 5) is 2.58. The van der Waals surface area contributed by atoms with Gasteiger partial charge in [0.05, 0.1) is 7.11 Å². The predicted octanol–water partition coefficient (Wildman–Crippen LogP) is 2.88. The lowest BCUT2D eigenvalue weighted by Gasteiger charge is -2.35. The summed E-state index contributed by atoms with van der Waals surface area (Å²) in [6.45, 7) is 5.22. The van der Waals surface area contributed by atoms with Crippen LogP contribution in [0.5, 0.6) is 5.75 Å². The van der Waals surface area contributed by atoms with Gasteiger partial charge in [0.1, 0.15) is 5.75 Å². The molecule has 106 valence electrons. The number of likely N-dealkylation sites (tertiary alicyclic amines) is 1. The van der Waals surface area contributed by atoms with E-state index in [0.717, 1.165) is 18.7 Å². The maximum Gasteiger partial charge on any atom is 0.123 e. The van der Waals surface area contributed by atoms with Gasteiger partial charge in [-0.05, 0) is 51.9 Å². The zero-order valence-corrected chi connectivity index (χ0v) is 12.2. The highest BCUT2D eigenvalue weighted by Gasteiger charge is 2.24. The van der Waals surface area contributed by atoms with Crippen LogP contribution in [0.3, 0.4) is 0 Å². The first-order valence-corrected chi connectivity index (χ1v) is 7.35. The Morgan fingerprint density at radius 2 is 2.00 bits per heavy atom. The molecule has 0 bridgehead atoms. The van der Waals surface area contributed by atoms with Gasteiger partial charge in [0.15, 0.2) is 0 Å². The minimum Gasteiger partial charge on any atom is -0.496 e. The van der Waals surface area contributed by atoms with Crippen LogP contribution in [0, 0.1) is 6.92 Å². The summed E-state index contributed by atoms with van der Waals surface area (Å²) in [6.07, 6.45) is 4.96. The molecule has 1 aliphatic rings. The monoisotopic (exact) mass is 262 g/mol. The van der Waals surface area contributed by atoms with Crippen LogP contribution < -0.4 is 10.5 Å². The van der Waals surface area contributed by atoms with Crippen LogP contribution in [-0.2, 0) is 0 Å². The molecule has 1 fully saturated rings. The van der Waals surface area contributed by atoms with E-state index in [1.165, 1.54) is 43.5 Å². The molecular weight excluding hydrogens is 236 g/mol. The van der Waals surface area contributed by atoms with Gasteiger partial charge in [-0.1, -0.05) is 24.1 Å². The van der Waals surface area contributed by atoms with Gasteiger partial charge in [-0.15, -0.1) is 0 Å². The first-order valence-electron chi connectivity index (χ1n) is 7.35. The number of nitrogens with two attached hydrogens (primary N) is 1. The molecule has 1 aromatic carbocycles. The van der Waals surface area contributed by atoms with E-state index in [-0.39, 0.29) is 0 Å². The number of hydrogen-bond donors (Lipinski definition) is 1. The van der Waals surface area contributed by atoms with E-state index in [2.05, 4.69) is 30.0 Å². The maximum absolute atomic E-state index is 5.84. The van der Waals surface area contributed by atoms with Crippen LogP contribution >= 0.6 is 0 Å². The lowest BCUT2D eigenvalue weighted by molar-refractivity contribution is 0.154. The van der Waals surface area contributed by atoms with E-state index in [4.69, 9.17) is 10.5 Å². The fourth-order valence-electron chi connectivity index (χ4n) is 3.04. The van der Waals surface area contributed by atoms with Crippen LogP contribution in [0.1, 0.15) is 42.9 Å². The van der Waals surface area contributed by atoms with Gasteiger partial charge in [0, 0.05) is 11.6 Å². The summed E-state index contributed by atoms with van der Waals surface area (Å²) >= 11 is 0. The van der Waals surface area contributed by atoms with Gasteiger partial charge < -0.3 is 10.5 Å². The van der Waals surface area contributed by atoms with Crippen molar-refractivity contribution >= 4 is 0 Å². The van der Waals surface area contributed by atoms with Crippen molar-refractivity contribution in [3.63, 3.8) is 0 Å². The maximum atomic E-state index is 5.84. The molecule has 0 saturated carbocycles. The molecule has 2 N–H and O–H groups in total. The largest absolute Gasteiger partial charge is 0.496 e. The number of benzene rings is 1. The average molecular weight is 262 g/mol. The summed E-state index contributed by atoms with van der Waals surface area (Å²) < 4.78 is 5.55. The van der Waals surface area contributed by atoms with Gasteiger partial charge >= 0.3 is 0 Å². The van der Waals surface area contributed by atoms with Crippen molar-refractivity contribution in [1.29, 1.82) is 0 Å². The number of methoxy groups -OCH3 is 1. The number of piperidine rings is 1. The summed E-state index contributed by atoms with van der Waals surface area (Å²) in [5, 5.41) is 0. The van der Waals surface area contributed by atoms with Crippen molar-refractivity contribution in [2.24, 2.45) is 5.73 Å². The quantitative estimate of drug-likeness (QED) is 0.886. The molecule has 0 spiro atoms. The second kappa shape index (κ2) is 6.92. The Kier molecular flexibility index (Phi) is 5.23. The molecule has 1 aromatic rings. The molecule has 3 nitrogen and oxygen atoms in total. The second-order valence-corrected chi connectivity index (χ2v) is 5.44. The van der Waals surface area contributed by atoms with Gasteiger partial charge in [0.25, 0.3) is 0 Å². The van der Waals surface area contributed by atoms with Crippen molar-refractivity contribution in [3.8, 4) is 5.75 Å². The number of hydrogen-bond acceptors (Lipinski definition) is 3. The van der Waals surface area contributed by atoms with E-state index in [9.17, 15) is 0 Å². The summed E-state index contributed by atoms with van der Waals surface area (Å²) in [7, 11) is 1.75. The summed E-state index contributed by atoms with van der Waals surface area (Å²) in [6, 6.07) is 6.85. The van der Waals surface area contributed by atoms with Gasteiger partial charge in [0.2, 0.25) is 0 Å². The highest BCUT2D eigenvalue weighted by atomic mass is 16.5. The number of aryl methyl sites for hydroxylation is 1. The first kappa shape index (κ1) is 14.4. The third-order valence-corrected chi connectivity index (χ3v) is 4.02. The molecule has 1 saturated heterocycles. The smallest absolute Gasteiger partial charge is 0.123 e. The summed E-state index contributed by atoms with van der Waals surface area (Å²) in [5.74, 6) is 0.995. The second-order valence-electron chi connectivity index (χ2n) is 5.44. The molecular formula is C16H26N2O. The Morgan fingerprint density at radius 3 is 2.63 bits per heavy atom. The molecule has 2 rings (SSSR count). The van der Waals surface area contributed by atoms with Crippen LogP contribution in [-0.4, -0.2) is 31.6 Å². The Labute approximate surface area is 116 Å². The molecule has 1 aliphatic heterocycles. The van der Waals surface area contributed by atoms with Crippen LogP contribution in [0.2, 0.25) is 0 Å². The Morgan fingerprint density at radius 1 is 1.26 bits per heavy atom. The third-order valence-electron chi connectivity index (χ3n) is 4.02. The molecule has 19 heavy (non-hydrogen) atoms. The first-order chi connectivity index (χ1) is 9.26. The number of rotatable bonds is 5. The number of nitrogens with zero attached hydrogens (tertiary/aromatic N) is 1. The molecule has 1 unspecified atom stereocenters. The molecule has 1 heterocycles. The van der Waals surface area contributed by atoms with E-state index in [1.54, 1.807) is 7.11 Å². The Hall–Kier alpha value is -1.06. The predicted molar refractivity (Wildman–Crippen MR) is 79.6 cm³/mol. The zero-order valence-electron chi connectivity index (χ0n) is 12.2. The Balaban J connectivity index is 2.28. The highest BCUT2D eigenvalue weighted by Crippen LogP contribution is 2.34. The van der Waals surface area contributed by atoms with E-state index in [0.29, 0.717) is 6.04 Å². The van der Waals surface area contributed by atoms with Gasteiger partial charge in [-0.25, -0.2) is 0 Å². The molecule has 1 atom stereocenters. The minimum atomic E-state index is 0.403. The fraction of sp³-hybridized carbons (Fsp3) is 0.625. The lowest BCUT2D eigenvalue weighted by atomic mass is 9.96. The Bertz CT molecular complexity index is 400. The molecule has 0 amide bonds. The molecule has 0 radical (unpaired) electrons. The van der Waals surface area contributed by atoms with Crippen molar-refractivity contribution in [2.45, 2.75) is 38.6 Å². The third kappa shape index (κ3) is 3.48. The van der Waals surface area contributed by atoms with Crippen molar-refractivity contribution in [3.05, 3.63) is 29.3 Å². The van der Waals surface area contributed by atoms with E-state index in [1.807, 2.05) is 0 Å². The van der Waals surface area contributed by atoms with Gasteiger partial charge in [-0.2, -0.15) is 0 Å². The molecule has 0 aromatic heterocycles. The SMILES string of the molecule is COc1ccc(C)cc1C(CCN)N1CCCCC1. The lowest BCUT2D eigenvalue weighted by Crippen LogP contribution is -2.35. The van der Waals surface area contributed by atoms with Crippen molar-refractivity contribution in [2.75, 3.05) is 26.7 Å². The van der Waals surface area contributed by atoms with E-state index >= 15 is 0 Å². The van der Waals surface area contributed by atoms with Crippen LogP contribution in [0.25, 0.3) is 0 Å². The number of ether oxygens (including phenoxy) is 1. The van der Waals surface area contributed by atoms with Crippen LogP contribution in [0.4, 0.5) is 0 Å². The van der Waals surface area contributed by atoms with Crippen molar-refractivity contribution in [1.82, 2.24) is 4.90 Å². The van der Waals surface area contributed by atoms with E-state index < -0.39 is 0 Å². The minimum absolute atomic E-state index is 0.403. The highest BCUT2D eigenvalue weighted by molar-refractivity contribution is 5.39. The van der Waals surface area contributed by atoms with Crippen LogP contribution in [0.15, 0.2) is 18.2 Å². The summed E-state index contributed by atoms with van der Waals surface area (Å²) in [5.41, 5.74) is 8.42. The molecule has 0 aliphatic carbocycles. The zero-order chi connectivity index (χ0) is 13.7. The van der Waals surface area contributed by atoms with Crippen molar-refractivity contribution < 1.29 is 4.74 Å². The normalized spacial score (nSPS) is 18.3. The average Bonchev–Trinajstić information content (AvgIpc) is 2.45. The molecule has 3 heteroatoms. The topological polar surface area (TPSA) is 38.5 Å². The fourth-order valence-corrected chi connectivity index (χ4v) is 3.04.